The number of rotatable bonds is 5. The van der Waals surface area contributed by atoms with Crippen LogP contribution < -0.4 is 11.1 Å². The Labute approximate surface area is 136 Å². The highest BCUT2D eigenvalue weighted by Gasteiger charge is 2.39. The monoisotopic (exact) mass is 316 g/mol. The van der Waals surface area contributed by atoms with Crippen molar-refractivity contribution in [1.82, 2.24) is 0 Å². The van der Waals surface area contributed by atoms with E-state index < -0.39 is 17.6 Å². The van der Waals surface area contributed by atoms with Crippen LogP contribution in [0.2, 0.25) is 0 Å². The van der Waals surface area contributed by atoms with Crippen molar-refractivity contribution in [1.29, 1.82) is 0 Å². The third-order valence-corrected chi connectivity index (χ3v) is 4.43. The highest BCUT2D eigenvalue weighted by molar-refractivity contribution is 5.95. The summed E-state index contributed by atoms with van der Waals surface area (Å²) in [6.07, 6.45) is 2.41. The van der Waals surface area contributed by atoms with Gasteiger partial charge in [0.2, 0.25) is 5.91 Å². The number of carbonyl (C=O) groups is 2. The summed E-state index contributed by atoms with van der Waals surface area (Å²) in [5.74, 6) is -0.314. The molecule has 1 aliphatic heterocycles. The lowest BCUT2D eigenvalue weighted by molar-refractivity contribution is -0.113. The normalized spacial score (nSPS) is 16.6. The average Bonchev–Trinajstić information content (AvgIpc) is 2.51. The maximum absolute atomic E-state index is 11.8. The van der Waals surface area contributed by atoms with E-state index in [-0.39, 0.29) is 5.92 Å². The van der Waals surface area contributed by atoms with Crippen LogP contribution in [0.5, 0.6) is 0 Å². The van der Waals surface area contributed by atoms with Crippen molar-refractivity contribution in [3.8, 4) is 0 Å². The summed E-state index contributed by atoms with van der Waals surface area (Å²) in [6.45, 7) is 8.03. The summed E-state index contributed by atoms with van der Waals surface area (Å²) >= 11 is 0. The number of fused-ring (bicyclic) bond motifs is 1. The van der Waals surface area contributed by atoms with E-state index in [4.69, 9.17) is 10.5 Å². The number of amides is 2. The summed E-state index contributed by atoms with van der Waals surface area (Å²) < 4.78 is 5.61. The molecule has 2 amide bonds. The molecule has 0 radical (unpaired) electrons. The molecule has 5 nitrogen and oxygen atoms in total. The van der Waals surface area contributed by atoms with E-state index >= 15 is 0 Å². The van der Waals surface area contributed by atoms with Crippen molar-refractivity contribution in [3.05, 3.63) is 35.4 Å². The first-order valence-electron chi connectivity index (χ1n) is 7.99. The van der Waals surface area contributed by atoms with E-state index in [1.54, 1.807) is 0 Å². The second-order valence-electron chi connectivity index (χ2n) is 6.13. The zero-order valence-corrected chi connectivity index (χ0v) is 14.1. The first-order valence-corrected chi connectivity index (χ1v) is 7.99. The number of carbonyl (C=O) groups excluding carboxylic acids is 2. The lowest BCUT2D eigenvalue weighted by Crippen LogP contribution is -2.38. The highest BCUT2D eigenvalue weighted by atomic mass is 16.6. The number of ether oxygens (including phenoxy) is 1. The largest absolute Gasteiger partial charge is 0.438 e. The summed E-state index contributed by atoms with van der Waals surface area (Å²) in [7, 11) is 0. The predicted octanol–water partition coefficient (Wildman–Crippen LogP) is 3.79. The lowest BCUT2D eigenvalue weighted by Gasteiger charge is -2.37. The molecule has 124 valence electrons. The van der Waals surface area contributed by atoms with Gasteiger partial charge < -0.3 is 10.5 Å². The van der Waals surface area contributed by atoms with Gasteiger partial charge in [-0.25, -0.2) is 4.79 Å². The first-order chi connectivity index (χ1) is 10.8. The molecule has 2 rings (SSSR count). The number of benzene rings is 1. The summed E-state index contributed by atoms with van der Waals surface area (Å²) in [5, 5.41) is 2.75. The first kappa shape index (κ1) is 17.1. The van der Waals surface area contributed by atoms with Gasteiger partial charge in [-0.3, -0.25) is 10.1 Å². The molecule has 5 heteroatoms. The molecular weight excluding hydrogens is 292 g/mol. The molecule has 1 aromatic carbocycles. The minimum Gasteiger partial charge on any atom is -0.438 e. The van der Waals surface area contributed by atoms with Gasteiger partial charge in [0.15, 0.2) is 0 Å². The third-order valence-electron chi connectivity index (χ3n) is 4.43. The smallest absolute Gasteiger partial charge is 0.412 e. The molecule has 0 unspecified atom stereocenters. The summed E-state index contributed by atoms with van der Waals surface area (Å²) in [6, 6.07) is 5.76. The van der Waals surface area contributed by atoms with E-state index in [0.29, 0.717) is 12.8 Å². The number of allylic oxidation sites excluding steroid dienone is 1. The topological polar surface area (TPSA) is 81.4 Å². The molecule has 0 fully saturated rings. The van der Waals surface area contributed by atoms with Gasteiger partial charge >= 0.3 is 6.09 Å². The summed E-state index contributed by atoms with van der Waals surface area (Å²) in [4.78, 5) is 23.1. The maximum Gasteiger partial charge on any atom is 0.412 e. The fourth-order valence-electron chi connectivity index (χ4n) is 3.09. The quantitative estimate of drug-likeness (QED) is 0.811. The van der Waals surface area contributed by atoms with E-state index in [2.05, 4.69) is 5.32 Å². The highest BCUT2D eigenvalue weighted by Crippen LogP contribution is 2.42. The van der Waals surface area contributed by atoms with Crippen molar-refractivity contribution in [2.24, 2.45) is 11.7 Å². The van der Waals surface area contributed by atoms with Gasteiger partial charge in [-0.05, 0) is 42.0 Å². The molecule has 0 saturated heterocycles. The Morgan fingerprint density at radius 3 is 2.52 bits per heavy atom. The molecular formula is C18H24N2O3. The van der Waals surface area contributed by atoms with Crippen molar-refractivity contribution < 1.29 is 14.3 Å². The van der Waals surface area contributed by atoms with E-state index in [9.17, 15) is 9.59 Å². The number of nitrogens with two attached hydrogens (primary N) is 1. The van der Waals surface area contributed by atoms with Crippen molar-refractivity contribution in [2.75, 3.05) is 5.32 Å². The van der Waals surface area contributed by atoms with Crippen LogP contribution in [0.1, 0.15) is 51.7 Å². The average molecular weight is 316 g/mol. The number of hydrogen-bond acceptors (Lipinski definition) is 3. The fraction of sp³-hybridized carbons (Fsp3) is 0.444. The Morgan fingerprint density at radius 2 is 2.00 bits per heavy atom. The molecule has 0 aliphatic carbocycles. The number of cyclic esters (lactones) is 1. The Bertz CT molecular complexity index is 658. The van der Waals surface area contributed by atoms with Gasteiger partial charge in [-0.2, -0.15) is 0 Å². The number of nitrogens with one attached hydrogen (secondary N) is 1. The zero-order valence-electron chi connectivity index (χ0n) is 14.1. The van der Waals surface area contributed by atoms with Gasteiger partial charge in [0.1, 0.15) is 5.60 Å². The number of hydrogen-bond donors (Lipinski definition) is 2. The van der Waals surface area contributed by atoms with E-state index in [0.717, 1.165) is 22.4 Å². The molecule has 1 aromatic rings. The van der Waals surface area contributed by atoms with Gasteiger partial charge in [-0.15, -0.1) is 0 Å². The van der Waals surface area contributed by atoms with Gasteiger partial charge in [0.05, 0.1) is 5.69 Å². The standard InChI is InChI=1S/C18H24N2O3/c1-5-18(6-2)14-9-12(13(11(3)4)10-16(19)21)7-8-15(14)20-17(22)23-18/h7-11H,5-6H2,1-4H3,(H2,19,21)(H,20,22)/b13-10+. The lowest BCUT2D eigenvalue weighted by atomic mass is 9.83. The molecule has 0 aromatic heterocycles. The Hall–Kier alpha value is -2.30. The zero-order chi connectivity index (χ0) is 17.2. The molecule has 0 spiro atoms. The second-order valence-corrected chi connectivity index (χ2v) is 6.13. The van der Waals surface area contributed by atoms with Crippen LogP contribution >= 0.6 is 0 Å². The molecule has 3 N–H and O–H groups in total. The molecule has 23 heavy (non-hydrogen) atoms. The van der Waals surface area contributed by atoms with Gasteiger partial charge in [-0.1, -0.05) is 33.8 Å². The van der Waals surface area contributed by atoms with Gasteiger partial charge in [0, 0.05) is 11.6 Å². The van der Waals surface area contributed by atoms with Crippen molar-refractivity contribution in [3.63, 3.8) is 0 Å². The molecule has 1 heterocycles. The molecule has 0 bridgehead atoms. The fourth-order valence-corrected chi connectivity index (χ4v) is 3.09. The van der Waals surface area contributed by atoms with Crippen molar-refractivity contribution >= 4 is 23.3 Å². The Morgan fingerprint density at radius 1 is 1.35 bits per heavy atom. The predicted molar refractivity (Wildman–Crippen MR) is 90.8 cm³/mol. The third kappa shape index (κ3) is 3.23. The minimum absolute atomic E-state index is 0.150. The van der Waals surface area contributed by atoms with Crippen LogP contribution in [0.15, 0.2) is 24.3 Å². The Kier molecular flexibility index (Phi) is 4.78. The van der Waals surface area contributed by atoms with E-state index in [1.807, 2.05) is 45.9 Å². The Balaban J connectivity index is 2.61. The minimum atomic E-state index is -0.636. The number of primary amides is 1. The SMILES string of the molecule is CCC1(CC)OC(=O)Nc2ccc(/C(=C/C(N)=O)C(C)C)cc21. The van der Waals surface area contributed by atoms with Crippen LogP contribution in [-0.4, -0.2) is 12.0 Å². The van der Waals surface area contributed by atoms with Crippen LogP contribution in [0.3, 0.4) is 0 Å². The molecule has 1 aliphatic rings. The van der Waals surface area contributed by atoms with E-state index in [1.165, 1.54) is 6.08 Å². The van der Waals surface area contributed by atoms with Crippen LogP contribution in [0.4, 0.5) is 10.5 Å². The second kappa shape index (κ2) is 6.44. The van der Waals surface area contributed by atoms with Gasteiger partial charge in [0.25, 0.3) is 0 Å². The number of anilines is 1. The van der Waals surface area contributed by atoms with Crippen LogP contribution in [0, 0.1) is 5.92 Å². The van der Waals surface area contributed by atoms with Crippen LogP contribution in [-0.2, 0) is 15.1 Å². The summed E-state index contributed by atoms with van der Waals surface area (Å²) in [5.41, 5.74) is 8.19. The van der Waals surface area contributed by atoms with Crippen LogP contribution in [0.25, 0.3) is 5.57 Å². The molecule has 0 saturated carbocycles. The molecule has 0 atom stereocenters. The van der Waals surface area contributed by atoms with Crippen molar-refractivity contribution in [2.45, 2.75) is 46.1 Å². The maximum atomic E-state index is 11.8.